The van der Waals surface area contributed by atoms with Crippen molar-refractivity contribution in [1.82, 2.24) is 14.8 Å². The van der Waals surface area contributed by atoms with Crippen molar-refractivity contribution in [2.24, 2.45) is 0 Å². The molecule has 12 heteroatoms. The lowest BCUT2D eigenvalue weighted by Crippen LogP contribution is -2.47. The van der Waals surface area contributed by atoms with Crippen molar-refractivity contribution in [2.75, 3.05) is 88.0 Å². The van der Waals surface area contributed by atoms with E-state index in [-0.39, 0.29) is 5.78 Å². The topological polar surface area (TPSA) is 101 Å². The van der Waals surface area contributed by atoms with E-state index in [1.165, 1.54) is 32.1 Å². The number of rotatable bonds is 19. The minimum atomic E-state index is -0.199. The molecule has 5 aromatic rings. The molecule has 290 valence electrons. The second-order valence-electron chi connectivity index (χ2n) is 13.0. The van der Waals surface area contributed by atoms with Gasteiger partial charge in [0.15, 0.2) is 40.3 Å². The quantitative estimate of drug-likeness (QED) is 0.0469. The molecular formula is C43H49N3O8S. The summed E-state index contributed by atoms with van der Waals surface area (Å²) in [7, 11) is 7.86. The van der Waals surface area contributed by atoms with E-state index in [1.807, 2.05) is 48.5 Å². The fourth-order valence-electron chi connectivity index (χ4n) is 6.49. The Bertz CT molecular complexity index is 2020. The summed E-state index contributed by atoms with van der Waals surface area (Å²) < 4.78 is 40.9. The number of piperazine rings is 1. The number of methoxy groups -OCH3 is 5. The summed E-state index contributed by atoms with van der Waals surface area (Å²) in [5.41, 5.74) is 3.27. The smallest absolute Gasteiger partial charge is 0.203 e. The maximum atomic E-state index is 13.0. The molecule has 1 aliphatic rings. The average Bonchev–Trinajstić information content (AvgIpc) is 3.67. The Morgan fingerprint density at radius 2 is 1.29 bits per heavy atom. The molecular weight excluding hydrogens is 719 g/mol. The molecule has 0 amide bonds. The van der Waals surface area contributed by atoms with Crippen LogP contribution >= 0.6 is 11.3 Å². The second kappa shape index (κ2) is 19.3. The normalized spacial score (nSPS) is 13.5. The number of thiazole rings is 1. The maximum Gasteiger partial charge on any atom is 0.203 e. The number of hydrogen-bond donors (Lipinski definition) is 0. The third-order valence-electron chi connectivity index (χ3n) is 9.49. The predicted octanol–water partition coefficient (Wildman–Crippen LogP) is 7.76. The molecule has 1 fully saturated rings. The molecule has 0 atom stereocenters. The first kappa shape index (κ1) is 39.4. The first-order chi connectivity index (χ1) is 26.9. The summed E-state index contributed by atoms with van der Waals surface area (Å²) in [6.45, 7) is 7.21. The minimum Gasteiger partial charge on any atom is -0.493 e. The van der Waals surface area contributed by atoms with Crippen LogP contribution in [0.4, 0.5) is 0 Å². The van der Waals surface area contributed by atoms with Crippen LogP contribution in [0.2, 0.25) is 0 Å². The lowest BCUT2D eigenvalue weighted by molar-refractivity contribution is 0.104. The van der Waals surface area contributed by atoms with E-state index >= 15 is 0 Å². The Morgan fingerprint density at radius 1 is 0.673 bits per heavy atom. The van der Waals surface area contributed by atoms with E-state index in [1.54, 1.807) is 43.8 Å². The highest BCUT2D eigenvalue weighted by atomic mass is 32.1. The fraction of sp³-hybridized carbons (Fsp3) is 0.349. The van der Waals surface area contributed by atoms with Crippen LogP contribution in [-0.2, 0) is 0 Å². The number of fused-ring (bicyclic) bond motifs is 1. The van der Waals surface area contributed by atoms with Crippen molar-refractivity contribution < 1.29 is 38.0 Å². The van der Waals surface area contributed by atoms with Crippen LogP contribution < -0.4 is 33.2 Å². The number of hydrogen-bond acceptors (Lipinski definition) is 12. The van der Waals surface area contributed by atoms with Gasteiger partial charge in [-0.25, -0.2) is 4.98 Å². The van der Waals surface area contributed by atoms with Crippen LogP contribution in [0.5, 0.6) is 40.2 Å². The Hall–Kier alpha value is -5.30. The number of ketones is 1. The van der Waals surface area contributed by atoms with Gasteiger partial charge in [0, 0.05) is 50.4 Å². The zero-order valence-electron chi connectivity index (χ0n) is 32.2. The van der Waals surface area contributed by atoms with Gasteiger partial charge in [-0.05, 0) is 79.1 Å². The number of carbonyl (C=O) groups is 1. The van der Waals surface area contributed by atoms with Crippen molar-refractivity contribution in [3.63, 3.8) is 0 Å². The fourth-order valence-corrected chi connectivity index (χ4v) is 7.46. The number of carbonyl (C=O) groups excluding carboxylic acids is 1. The second-order valence-corrected chi connectivity index (χ2v) is 14.0. The van der Waals surface area contributed by atoms with Crippen LogP contribution in [0.1, 0.15) is 28.8 Å². The molecule has 55 heavy (non-hydrogen) atoms. The first-order valence-electron chi connectivity index (χ1n) is 18.4. The average molecular weight is 768 g/mol. The van der Waals surface area contributed by atoms with E-state index in [2.05, 4.69) is 21.9 Å². The van der Waals surface area contributed by atoms with Crippen molar-refractivity contribution in [3.05, 3.63) is 90.0 Å². The largest absolute Gasteiger partial charge is 0.493 e. The van der Waals surface area contributed by atoms with Crippen LogP contribution in [0.15, 0.2) is 78.9 Å². The molecule has 2 heterocycles. The summed E-state index contributed by atoms with van der Waals surface area (Å²) in [4.78, 5) is 22.8. The van der Waals surface area contributed by atoms with E-state index in [4.69, 9.17) is 38.1 Å². The summed E-state index contributed by atoms with van der Waals surface area (Å²) in [5, 5.41) is 0.970. The monoisotopic (exact) mass is 767 g/mol. The highest BCUT2D eigenvalue weighted by Crippen LogP contribution is 2.39. The van der Waals surface area contributed by atoms with E-state index in [9.17, 15) is 4.79 Å². The SMILES string of the molecule is COc1cc(-c2nc3ccccc3s2)ccc1OCCCN1CCN(CCCOc2cc(/C=C/C(=O)c3cc(OC)c(OC)c(OC)c3)ccc2OC)CC1. The van der Waals surface area contributed by atoms with E-state index in [0.717, 1.165) is 85.3 Å². The molecule has 1 saturated heterocycles. The summed E-state index contributed by atoms with van der Waals surface area (Å²) >= 11 is 1.68. The molecule has 0 aliphatic carbocycles. The number of benzene rings is 4. The number of nitrogens with zero attached hydrogens (tertiary/aromatic N) is 3. The summed E-state index contributed by atoms with van der Waals surface area (Å²) in [5.74, 6) is 3.83. The predicted molar refractivity (Wildman–Crippen MR) is 217 cm³/mol. The van der Waals surface area contributed by atoms with Gasteiger partial charge in [-0.1, -0.05) is 24.3 Å². The number of aromatic nitrogens is 1. The number of allylic oxidation sites excluding steroid dienone is 1. The van der Waals surface area contributed by atoms with Gasteiger partial charge in [0.25, 0.3) is 0 Å². The molecule has 0 radical (unpaired) electrons. The van der Waals surface area contributed by atoms with Gasteiger partial charge in [-0.3, -0.25) is 4.79 Å². The first-order valence-corrected chi connectivity index (χ1v) is 19.2. The standard InChI is InChI=1S/C43H49N3O8S/c1-48-35-16-13-30(12-15-34(47)32-28-39(50-3)42(52-5)40(29-32)51-4)26-38(35)54-25-9-19-46-22-20-45(21-23-46)18-8-24-53-36-17-14-31(27-37(36)49-2)43-44-33-10-6-7-11-41(33)55-43/h6-7,10-17,26-29H,8-9,18-25H2,1-5H3/b15-12+. The van der Waals surface area contributed by atoms with Gasteiger partial charge in [-0.15, -0.1) is 11.3 Å². The maximum absolute atomic E-state index is 13.0. The van der Waals surface area contributed by atoms with Crippen LogP contribution in [0.25, 0.3) is 26.9 Å². The van der Waals surface area contributed by atoms with Crippen LogP contribution in [0, 0.1) is 0 Å². The highest BCUT2D eigenvalue weighted by Gasteiger charge is 2.18. The van der Waals surface area contributed by atoms with E-state index < -0.39 is 0 Å². The van der Waals surface area contributed by atoms with Crippen LogP contribution in [-0.4, -0.2) is 109 Å². The summed E-state index contributed by atoms with van der Waals surface area (Å²) in [6, 6.07) is 23.1. The third kappa shape index (κ3) is 10.1. The van der Waals surface area contributed by atoms with E-state index in [0.29, 0.717) is 47.5 Å². The molecule has 1 aromatic heterocycles. The molecule has 0 N–H and O–H groups in total. The van der Waals surface area contributed by atoms with Gasteiger partial charge >= 0.3 is 0 Å². The molecule has 0 unspecified atom stereocenters. The number of para-hydroxylation sites is 1. The van der Waals surface area contributed by atoms with Crippen molar-refractivity contribution >= 4 is 33.4 Å². The summed E-state index contributed by atoms with van der Waals surface area (Å²) in [6.07, 6.45) is 5.09. The van der Waals surface area contributed by atoms with Gasteiger partial charge in [-0.2, -0.15) is 0 Å². The Morgan fingerprint density at radius 3 is 1.91 bits per heavy atom. The highest BCUT2D eigenvalue weighted by molar-refractivity contribution is 7.21. The van der Waals surface area contributed by atoms with Gasteiger partial charge in [0.05, 0.1) is 59.0 Å². The Balaban J connectivity index is 0.907. The molecule has 4 aromatic carbocycles. The van der Waals surface area contributed by atoms with Gasteiger partial charge in [0.1, 0.15) is 5.01 Å². The zero-order valence-corrected chi connectivity index (χ0v) is 33.0. The van der Waals surface area contributed by atoms with Crippen molar-refractivity contribution in [1.29, 1.82) is 0 Å². The Kier molecular flexibility index (Phi) is 13.9. The van der Waals surface area contributed by atoms with Crippen molar-refractivity contribution in [2.45, 2.75) is 12.8 Å². The molecule has 0 saturated carbocycles. The molecule has 0 spiro atoms. The Labute approximate surface area is 326 Å². The van der Waals surface area contributed by atoms with Crippen LogP contribution in [0.3, 0.4) is 0 Å². The van der Waals surface area contributed by atoms with Gasteiger partial charge in [0.2, 0.25) is 5.75 Å². The third-order valence-corrected chi connectivity index (χ3v) is 10.6. The molecule has 1 aliphatic heterocycles. The van der Waals surface area contributed by atoms with Gasteiger partial charge < -0.3 is 43.0 Å². The molecule has 0 bridgehead atoms. The molecule has 11 nitrogen and oxygen atoms in total. The van der Waals surface area contributed by atoms with Crippen molar-refractivity contribution in [3.8, 4) is 50.8 Å². The lowest BCUT2D eigenvalue weighted by Gasteiger charge is -2.34. The zero-order chi connectivity index (χ0) is 38.6. The number of ether oxygens (including phenoxy) is 7. The lowest BCUT2D eigenvalue weighted by atomic mass is 10.1. The minimum absolute atomic E-state index is 0.199. The molecule has 6 rings (SSSR count).